The van der Waals surface area contributed by atoms with E-state index in [4.69, 9.17) is 4.74 Å². The Kier molecular flexibility index (Phi) is 4.54. The van der Waals surface area contributed by atoms with Crippen LogP contribution in [-0.2, 0) is 4.74 Å². The fourth-order valence-corrected chi connectivity index (χ4v) is 2.96. The summed E-state index contributed by atoms with van der Waals surface area (Å²) in [7, 11) is 0. The van der Waals surface area contributed by atoms with Gasteiger partial charge in [-0.25, -0.2) is 15.0 Å². The minimum absolute atomic E-state index is 0.109. The first-order valence-electron chi connectivity index (χ1n) is 7.92. The molecule has 22 heavy (non-hydrogen) atoms. The number of fused-ring (bicyclic) bond motifs is 1. The molecule has 7 nitrogen and oxygen atoms in total. The molecule has 0 spiro atoms. The molecule has 0 radical (unpaired) electrons. The fraction of sp³-hybridized carbons (Fsp3) is 0.667. The van der Waals surface area contributed by atoms with E-state index >= 15 is 0 Å². The third kappa shape index (κ3) is 3.05. The average Bonchev–Trinajstić information content (AvgIpc) is 2.95. The standard InChI is InChI=1S/C15H23N5O2/c1-3-22-10(2)20-9-18-13-14(16-8-17-15(13)20)19-11-4-6-12(21)7-5-11/h8-12,21H,3-7H2,1-2H3,(H,16,17,19). The maximum Gasteiger partial charge on any atom is 0.167 e. The lowest BCUT2D eigenvalue weighted by Gasteiger charge is -2.26. The molecule has 1 fully saturated rings. The van der Waals surface area contributed by atoms with E-state index in [9.17, 15) is 5.11 Å². The molecule has 2 heterocycles. The first kappa shape index (κ1) is 15.2. The normalized spacial score (nSPS) is 23.6. The number of rotatable bonds is 5. The molecule has 120 valence electrons. The van der Waals surface area contributed by atoms with Crippen LogP contribution in [-0.4, -0.2) is 43.4 Å². The summed E-state index contributed by atoms with van der Waals surface area (Å²) in [5.74, 6) is 0.758. The summed E-state index contributed by atoms with van der Waals surface area (Å²) in [6.07, 6.45) is 6.60. The van der Waals surface area contributed by atoms with Crippen LogP contribution in [0.5, 0.6) is 0 Å². The van der Waals surface area contributed by atoms with Crippen LogP contribution in [0.3, 0.4) is 0 Å². The zero-order valence-electron chi connectivity index (χ0n) is 13.1. The first-order chi connectivity index (χ1) is 10.7. The van der Waals surface area contributed by atoms with Gasteiger partial charge in [0.05, 0.1) is 12.4 Å². The predicted molar refractivity (Wildman–Crippen MR) is 83.5 cm³/mol. The predicted octanol–water partition coefficient (Wildman–Crippen LogP) is 2.10. The number of imidazole rings is 1. The number of hydrogen-bond donors (Lipinski definition) is 2. The molecule has 1 saturated carbocycles. The lowest BCUT2D eigenvalue weighted by Crippen LogP contribution is -2.28. The number of nitrogens with zero attached hydrogens (tertiary/aromatic N) is 4. The number of hydrogen-bond acceptors (Lipinski definition) is 6. The number of anilines is 1. The Morgan fingerprint density at radius 3 is 2.82 bits per heavy atom. The summed E-state index contributed by atoms with van der Waals surface area (Å²) in [6, 6.07) is 0.330. The smallest absolute Gasteiger partial charge is 0.167 e. The summed E-state index contributed by atoms with van der Waals surface area (Å²) in [5.41, 5.74) is 1.54. The molecule has 1 aliphatic rings. The Labute approximate surface area is 129 Å². The summed E-state index contributed by atoms with van der Waals surface area (Å²) in [4.78, 5) is 13.1. The van der Waals surface area contributed by atoms with Crippen LogP contribution >= 0.6 is 0 Å². The molecule has 0 saturated heterocycles. The van der Waals surface area contributed by atoms with Gasteiger partial charge < -0.3 is 15.2 Å². The fourth-order valence-electron chi connectivity index (χ4n) is 2.96. The van der Waals surface area contributed by atoms with Gasteiger partial charge in [-0.05, 0) is 39.5 Å². The van der Waals surface area contributed by atoms with Gasteiger partial charge in [-0.3, -0.25) is 4.57 Å². The van der Waals surface area contributed by atoms with E-state index in [1.54, 1.807) is 12.7 Å². The number of ether oxygens (including phenoxy) is 1. The lowest BCUT2D eigenvalue weighted by atomic mass is 9.93. The van der Waals surface area contributed by atoms with Crippen molar-refractivity contribution in [3.63, 3.8) is 0 Å². The summed E-state index contributed by atoms with van der Waals surface area (Å²) in [5, 5.41) is 13.0. The average molecular weight is 305 g/mol. The highest BCUT2D eigenvalue weighted by atomic mass is 16.5. The van der Waals surface area contributed by atoms with Gasteiger partial charge in [-0.15, -0.1) is 0 Å². The van der Waals surface area contributed by atoms with Crippen molar-refractivity contribution in [2.24, 2.45) is 0 Å². The second-order valence-corrected chi connectivity index (χ2v) is 5.75. The largest absolute Gasteiger partial charge is 0.393 e. The van der Waals surface area contributed by atoms with Crippen molar-refractivity contribution in [1.82, 2.24) is 19.5 Å². The molecular weight excluding hydrogens is 282 g/mol. The van der Waals surface area contributed by atoms with E-state index in [1.165, 1.54) is 0 Å². The third-order valence-corrected chi connectivity index (χ3v) is 4.20. The lowest BCUT2D eigenvalue weighted by molar-refractivity contribution is 0.0272. The Bertz CT molecular complexity index is 621. The van der Waals surface area contributed by atoms with Gasteiger partial charge in [0.1, 0.15) is 12.6 Å². The van der Waals surface area contributed by atoms with Crippen LogP contribution in [0.4, 0.5) is 5.82 Å². The van der Waals surface area contributed by atoms with E-state index in [0.717, 1.165) is 42.7 Å². The van der Waals surface area contributed by atoms with Crippen molar-refractivity contribution >= 4 is 17.0 Å². The summed E-state index contributed by atoms with van der Waals surface area (Å²) < 4.78 is 7.52. The Balaban J connectivity index is 1.82. The minimum atomic E-state index is -0.158. The topological polar surface area (TPSA) is 85.1 Å². The molecule has 7 heteroatoms. The van der Waals surface area contributed by atoms with Gasteiger partial charge in [0.15, 0.2) is 17.0 Å². The first-order valence-corrected chi connectivity index (χ1v) is 7.92. The van der Waals surface area contributed by atoms with Gasteiger partial charge in [0, 0.05) is 12.6 Å². The maximum atomic E-state index is 9.60. The number of aromatic nitrogens is 4. The molecule has 0 aromatic carbocycles. The highest BCUT2D eigenvalue weighted by Crippen LogP contribution is 2.25. The Morgan fingerprint density at radius 2 is 2.09 bits per heavy atom. The molecule has 1 aliphatic carbocycles. The molecule has 0 bridgehead atoms. The second kappa shape index (κ2) is 6.58. The van der Waals surface area contributed by atoms with Crippen LogP contribution in [0, 0.1) is 0 Å². The molecule has 3 rings (SSSR count). The van der Waals surface area contributed by atoms with Gasteiger partial charge in [0.2, 0.25) is 0 Å². The molecule has 2 N–H and O–H groups in total. The third-order valence-electron chi connectivity index (χ3n) is 4.20. The number of aliphatic hydroxyl groups is 1. The Hall–Kier alpha value is -1.73. The molecule has 2 aromatic heterocycles. The van der Waals surface area contributed by atoms with Crippen molar-refractivity contribution in [2.45, 2.75) is 57.9 Å². The van der Waals surface area contributed by atoms with Gasteiger partial charge in [-0.1, -0.05) is 0 Å². The van der Waals surface area contributed by atoms with Crippen LogP contribution < -0.4 is 5.32 Å². The molecule has 2 aromatic rings. The maximum absolute atomic E-state index is 9.60. The van der Waals surface area contributed by atoms with Crippen LogP contribution in [0.2, 0.25) is 0 Å². The monoisotopic (exact) mass is 305 g/mol. The SMILES string of the molecule is CCOC(C)n1cnc2c(NC3CCC(O)CC3)ncnc21. The summed E-state index contributed by atoms with van der Waals surface area (Å²) >= 11 is 0. The van der Waals surface area contributed by atoms with E-state index < -0.39 is 0 Å². The number of aliphatic hydroxyl groups excluding tert-OH is 1. The molecular formula is C15H23N5O2. The van der Waals surface area contributed by atoms with Crippen LogP contribution in [0.1, 0.15) is 45.8 Å². The van der Waals surface area contributed by atoms with Crippen LogP contribution in [0.15, 0.2) is 12.7 Å². The van der Waals surface area contributed by atoms with Crippen molar-refractivity contribution in [1.29, 1.82) is 0 Å². The summed E-state index contributed by atoms with van der Waals surface area (Å²) in [6.45, 7) is 4.58. The molecule has 0 amide bonds. The van der Waals surface area contributed by atoms with E-state index in [0.29, 0.717) is 12.6 Å². The highest BCUT2D eigenvalue weighted by Gasteiger charge is 2.21. The molecule has 0 aliphatic heterocycles. The quantitative estimate of drug-likeness (QED) is 0.880. The van der Waals surface area contributed by atoms with Crippen molar-refractivity contribution < 1.29 is 9.84 Å². The minimum Gasteiger partial charge on any atom is -0.393 e. The van der Waals surface area contributed by atoms with E-state index in [-0.39, 0.29) is 12.3 Å². The van der Waals surface area contributed by atoms with Crippen molar-refractivity contribution in [3.8, 4) is 0 Å². The van der Waals surface area contributed by atoms with Crippen molar-refractivity contribution in [2.75, 3.05) is 11.9 Å². The molecule has 1 atom stereocenters. The van der Waals surface area contributed by atoms with Gasteiger partial charge >= 0.3 is 0 Å². The van der Waals surface area contributed by atoms with Gasteiger partial charge in [0.25, 0.3) is 0 Å². The van der Waals surface area contributed by atoms with Gasteiger partial charge in [-0.2, -0.15) is 0 Å². The van der Waals surface area contributed by atoms with E-state index in [1.807, 2.05) is 18.4 Å². The highest BCUT2D eigenvalue weighted by molar-refractivity contribution is 5.82. The zero-order chi connectivity index (χ0) is 15.5. The number of nitrogens with one attached hydrogen (secondary N) is 1. The zero-order valence-corrected chi connectivity index (χ0v) is 13.1. The van der Waals surface area contributed by atoms with E-state index in [2.05, 4.69) is 20.3 Å². The second-order valence-electron chi connectivity index (χ2n) is 5.75. The molecule has 1 unspecified atom stereocenters. The van der Waals surface area contributed by atoms with Crippen molar-refractivity contribution in [3.05, 3.63) is 12.7 Å². The van der Waals surface area contributed by atoms with Crippen LogP contribution in [0.25, 0.3) is 11.2 Å². The Morgan fingerprint density at radius 1 is 1.32 bits per heavy atom.